The van der Waals surface area contributed by atoms with Crippen LogP contribution >= 0.6 is 0 Å². The van der Waals surface area contributed by atoms with E-state index in [1.165, 1.54) is 25.9 Å². The lowest BCUT2D eigenvalue weighted by Gasteiger charge is -2.20. The largest absolute Gasteiger partial charge is 0.494 e. The molecule has 2 unspecified atom stereocenters. The van der Waals surface area contributed by atoms with Gasteiger partial charge in [0.15, 0.2) is 0 Å². The third-order valence-corrected chi connectivity index (χ3v) is 5.34. The highest BCUT2D eigenvalue weighted by Gasteiger charge is 2.21. The molecule has 31 heavy (non-hydrogen) atoms. The van der Waals surface area contributed by atoms with Crippen LogP contribution in [0.3, 0.4) is 0 Å². The molecule has 3 rings (SSSR count). The molecule has 168 valence electrons. The van der Waals surface area contributed by atoms with E-state index >= 15 is 0 Å². The van der Waals surface area contributed by atoms with Gasteiger partial charge in [-0.1, -0.05) is 42.5 Å². The number of hydrogen-bond donors (Lipinski definition) is 3. The number of aliphatic hydroxyl groups is 1. The zero-order valence-electron chi connectivity index (χ0n) is 17.8. The van der Waals surface area contributed by atoms with Gasteiger partial charge in [-0.05, 0) is 62.0 Å². The van der Waals surface area contributed by atoms with Crippen LogP contribution in [0.1, 0.15) is 30.4 Å². The predicted molar refractivity (Wildman–Crippen MR) is 118 cm³/mol. The van der Waals surface area contributed by atoms with Gasteiger partial charge in [-0.2, -0.15) is 0 Å². The Labute approximate surface area is 183 Å². The van der Waals surface area contributed by atoms with Crippen molar-refractivity contribution < 1.29 is 24.5 Å². The number of likely N-dealkylation sites (tertiary alicyclic amines) is 1. The van der Waals surface area contributed by atoms with Crippen molar-refractivity contribution in [2.75, 3.05) is 26.2 Å². The van der Waals surface area contributed by atoms with Crippen LogP contribution in [-0.2, 0) is 22.6 Å². The van der Waals surface area contributed by atoms with Crippen molar-refractivity contribution in [1.82, 2.24) is 10.2 Å². The third kappa shape index (κ3) is 8.30. The van der Waals surface area contributed by atoms with Gasteiger partial charge in [0, 0.05) is 6.54 Å². The van der Waals surface area contributed by atoms with E-state index in [0.717, 1.165) is 29.8 Å². The second-order valence-electron chi connectivity index (χ2n) is 7.81. The number of hydrogen-bond acceptors (Lipinski definition) is 6. The number of nitrogens with one attached hydrogen (secondary N) is 1. The Morgan fingerprint density at radius 1 is 1.03 bits per heavy atom. The highest BCUT2D eigenvalue weighted by Crippen LogP contribution is 2.15. The SMILES string of the molecule is O=C(O)C(Cc1ccc(OCCCN2CCCC2)cc1)NC(O)OCc1ccccc1. The predicted octanol–water partition coefficient (Wildman–Crippen LogP) is 2.63. The number of rotatable bonds is 13. The molecule has 7 heteroatoms. The number of carbonyl (C=O) groups is 1. The maximum Gasteiger partial charge on any atom is 0.321 e. The van der Waals surface area contributed by atoms with Crippen LogP contribution in [0.25, 0.3) is 0 Å². The number of ether oxygens (including phenoxy) is 2. The van der Waals surface area contributed by atoms with Gasteiger partial charge in [0.1, 0.15) is 11.8 Å². The Kier molecular flexibility index (Phi) is 9.30. The first-order chi connectivity index (χ1) is 15.1. The summed E-state index contributed by atoms with van der Waals surface area (Å²) in [5, 5.41) is 22.1. The summed E-state index contributed by atoms with van der Waals surface area (Å²) < 4.78 is 11.1. The zero-order chi connectivity index (χ0) is 21.9. The minimum Gasteiger partial charge on any atom is -0.494 e. The van der Waals surface area contributed by atoms with E-state index in [-0.39, 0.29) is 13.0 Å². The van der Waals surface area contributed by atoms with Crippen molar-refractivity contribution >= 4 is 5.97 Å². The summed E-state index contributed by atoms with van der Waals surface area (Å²) in [6.07, 6.45) is 2.43. The summed E-state index contributed by atoms with van der Waals surface area (Å²) in [4.78, 5) is 14.1. The number of aliphatic hydroxyl groups excluding tert-OH is 1. The fraction of sp³-hybridized carbons (Fsp3) is 0.458. The fourth-order valence-electron chi connectivity index (χ4n) is 3.63. The fourth-order valence-corrected chi connectivity index (χ4v) is 3.63. The second-order valence-corrected chi connectivity index (χ2v) is 7.81. The molecule has 0 radical (unpaired) electrons. The van der Waals surface area contributed by atoms with Gasteiger partial charge >= 0.3 is 5.97 Å². The highest BCUT2D eigenvalue weighted by molar-refractivity contribution is 5.73. The molecule has 0 saturated carbocycles. The molecule has 1 aliphatic heterocycles. The lowest BCUT2D eigenvalue weighted by molar-refractivity contribution is -0.154. The third-order valence-electron chi connectivity index (χ3n) is 5.34. The van der Waals surface area contributed by atoms with E-state index in [4.69, 9.17) is 9.47 Å². The van der Waals surface area contributed by atoms with E-state index in [1.807, 2.05) is 54.6 Å². The molecule has 1 fully saturated rings. The molecule has 1 saturated heterocycles. The number of carboxylic acids is 1. The van der Waals surface area contributed by atoms with Crippen LogP contribution in [0.4, 0.5) is 0 Å². The van der Waals surface area contributed by atoms with Crippen molar-refractivity contribution in [2.45, 2.75) is 44.7 Å². The summed E-state index contributed by atoms with van der Waals surface area (Å²) >= 11 is 0. The first kappa shape index (κ1) is 23.2. The topological polar surface area (TPSA) is 91.3 Å². The molecule has 2 aromatic rings. The smallest absolute Gasteiger partial charge is 0.321 e. The maximum atomic E-state index is 11.6. The molecule has 0 bridgehead atoms. The molecule has 0 aromatic heterocycles. The Morgan fingerprint density at radius 3 is 2.42 bits per heavy atom. The summed E-state index contributed by atoms with van der Waals surface area (Å²) in [6, 6.07) is 15.8. The molecule has 1 heterocycles. The Morgan fingerprint density at radius 2 is 1.74 bits per heavy atom. The molecule has 2 aromatic carbocycles. The first-order valence-corrected chi connectivity index (χ1v) is 10.9. The van der Waals surface area contributed by atoms with Crippen molar-refractivity contribution in [2.24, 2.45) is 0 Å². The summed E-state index contributed by atoms with van der Waals surface area (Å²) in [5.41, 5.74) is 1.73. The normalized spacial score (nSPS) is 16.2. The zero-order valence-corrected chi connectivity index (χ0v) is 17.8. The Hall–Kier alpha value is -2.45. The van der Waals surface area contributed by atoms with Crippen molar-refractivity contribution in [3.63, 3.8) is 0 Å². The van der Waals surface area contributed by atoms with E-state index in [1.54, 1.807) is 0 Å². The number of nitrogens with zero attached hydrogens (tertiary/aromatic N) is 1. The van der Waals surface area contributed by atoms with Crippen LogP contribution in [-0.4, -0.2) is 59.8 Å². The highest BCUT2D eigenvalue weighted by atomic mass is 16.6. The van der Waals surface area contributed by atoms with Crippen LogP contribution in [0, 0.1) is 0 Å². The van der Waals surface area contributed by atoms with Gasteiger partial charge in [-0.15, -0.1) is 0 Å². The molecular formula is C24H32N2O5. The van der Waals surface area contributed by atoms with Gasteiger partial charge in [0.05, 0.1) is 13.2 Å². The van der Waals surface area contributed by atoms with Crippen LogP contribution in [0.5, 0.6) is 5.75 Å². The summed E-state index contributed by atoms with van der Waals surface area (Å²) in [6.45, 7) is 4.31. The Balaban J connectivity index is 1.40. The number of carboxylic acid groups (broad SMARTS) is 1. The second kappa shape index (κ2) is 12.4. The van der Waals surface area contributed by atoms with Crippen molar-refractivity contribution in [3.05, 3.63) is 65.7 Å². The number of aliphatic carboxylic acids is 1. The van der Waals surface area contributed by atoms with E-state index in [0.29, 0.717) is 6.61 Å². The number of benzene rings is 2. The lowest BCUT2D eigenvalue weighted by Crippen LogP contribution is -2.45. The van der Waals surface area contributed by atoms with Crippen LogP contribution in [0.15, 0.2) is 54.6 Å². The van der Waals surface area contributed by atoms with Gasteiger partial charge in [-0.25, -0.2) is 0 Å². The molecule has 3 N–H and O–H groups in total. The molecule has 7 nitrogen and oxygen atoms in total. The molecule has 0 amide bonds. The van der Waals surface area contributed by atoms with Gasteiger partial charge in [0.25, 0.3) is 0 Å². The van der Waals surface area contributed by atoms with Crippen LogP contribution < -0.4 is 10.1 Å². The van der Waals surface area contributed by atoms with E-state index in [2.05, 4.69) is 10.2 Å². The molecule has 0 spiro atoms. The monoisotopic (exact) mass is 428 g/mol. The minimum absolute atomic E-state index is 0.186. The average molecular weight is 429 g/mol. The van der Waals surface area contributed by atoms with Gasteiger partial charge in [-0.3, -0.25) is 10.1 Å². The molecule has 0 aliphatic carbocycles. The molecular weight excluding hydrogens is 396 g/mol. The first-order valence-electron chi connectivity index (χ1n) is 10.9. The summed E-state index contributed by atoms with van der Waals surface area (Å²) in [7, 11) is 0. The maximum absolute atomic E-state index is 11.6. The molecule has 2 atom stereocenters. The van der Waals surface area contributed by atoms with E-state index < -0.39 is 18.4 Å². The quantitative estimate of drug-likeness (QED) is 0.334. The van der Waals surface area contributed by atoms with Gasteiger partial charge < -0.3 is 24.6 Å². The standard InChI is InChI=1S/C24H32N2O5/c27-23(28)22(25-24(29)31-18-20-7-2-1-3-8-20)17-19-9-11-21(12-10-19)30-16-6-15-26-13-4-5-14-26/h1-3,7-12,22,24-25,29H,4-6,13-18H2,(H,27,28). The van der Waals surface area contributed by atoms with Crippen molar-refractivity contribution in [3.8, 4) is 5.75 Å². The Bertz CT molecular complexity index is 778. The average Bonchev–Trinajstić information content (AvgIpc) is 3.30. The summed E-state index contributed by atoms with van der Waals surface area (Å²) in [5.74, 6) is -0.277. The van der Waals surface area contributed by atoms with E-state index in [9.17, 15) is 15.0 Å². The lowest BCUT2D eigenvalue weighted by atomic mass is 10.1. The van der Waals surface area contributed by atoms with Gasteiger partial charge in [0.2, 0.25) is 6.41 Å². The molecule has 1 aliphatic rings. The van der Waals surface area contributed by atoms with Crippen LogP contribution in [0.2, 0.25) is 0 Å². The minimum atomic E-state index is -1.38. The van der Waals surface area contributed by atoms with Crippen molar-refractivity contribution in [1.29, 1.82) is 0 Å².